The van der Waals surface area contributed by atoms with Crippen LogP contribution in [0.25, 0.3) is 11.0 Å². The Morgan fingerprint density at radius 2 is 1.33 bits per heavy atom. The molecule has 0 bridgehead atoms. The topological polar surface area (TPSA) is 21.7 Å². The second-order valence-corrected chi connectivity index (χ2v) is 5.96. The first kappa shape index (κ1) is 13.3. The van der Waals surface area contributed by atoms with Crippen LogP contribution in [-0.2, 0) is 5.54 Å². The molecule has 1 aliphatic rings. The summed E-state index contributed by atoms with van der Waals surface area (Å²) in [6.45, 7) is 0. The van der Waals surface area contributed by atoms with E-state index in [1.165, 1.54) is 11.1 Å². The molecule has 1 radical (unpaired) electrons. The van der Waals surface area contributed by atoms with Crippen LogP contribution in [0.4, 0.5) is 0 Å². The Balaban J connectivity index is 1.91. The quantitative estimate of drug-likeness (QED) is 0.521. The van der Waals surface area contributed by atoms with Gasteiger partial charge in [0.2, 0.25) is 16.6 Å². The summed E-state index contributed by atoms with van der Waals surface area (Å²) in [5.41, 5.74) is 4.00. The maximum atomic E-state index is 4.68. The molecule has 0 amide bonds. The molecule has 3 nitrogen and oxygen atoms in total. The number of hydrogen-bond acceptors (Lipinski definition) is 1. The van der Waals surface area contributed by atoms with Crippen molar-refractivity contribution in [3.8, 4) is 0 Å². The second kappa shape index (κ2) is 4.90. The molecule has 3 heteroatoms. The average Bonchev–Trinajstić information content (AvgIpc) is 3.21. The van der Waals surface area contributed by atoms with Gasteiger partial charge < -0.3 is 0 Å². The van der Waals surface area contributed by atoms with Gasteiger partial charge in [-0.1, -0.05) is 72.8 Å². The minimum absolute atomic E-state index is 0.446. The van der Waals surface area contributed by atoms with Gasteiger partial charge in [0.05, 0.1) is 5.10 Å². The van der Waals surface area contributed by atoms with Crippen LogP contribution in [0.1, 0.15) is 11.1 Å². The highest BCUT2D eigenvalue weighted by atomic mass is 15.6. The number of aromatic nitrogens is 3. The van der Waals surface area contributed by atoms with Crippen molar-refractivity contribution in [2.45, 2.75) is 5.54 Å². The Kier molecular flexibility index (Phi) is 2.71. The summed E-state index contributed by atoms with van der Waals surface area (Å²) in [7, 11) is 0. The SMILES string of the molecule is [C]1=CC(c2ccccc2)(c2ccccc2)[n+]2c3ccccc3nn21. The minimum atomic E-state index is -0.446. The molecule has 0 atom stereocenters. The van der Waals surface area contributed by atoms with Crippen molar-refractivity contribution in [1.82, 2.24) is 9.90 Å². The van der Waals surface area contributed by atoms with E-state index >= 15 is 0 Å². The van der Waals surface area contributed by atoms with Crippen molar-refractivity contribution in [1.29, 1.82) is 0 Å². The number of hydrogen-bond donors (Lipinski definition) is 0. The maximum Gasteiger partial charge on any atom is 0.249 e. The van der Waals surface area contributed by atoms with E-state index in [4.69, 9.17) is 0 Å². The van der Waals surface area contributed by atoms with Crippen molar-refractivity contribution in [3.63, 3.8) is 0 Å². The summed E-state index contributed by atoms with van der Waals surface area (Å²) in [4.78, 5) is 1.82. The van der Waals surface area contributed by atoms with Crippen molar-refractivity contribution in [2.75, 3.05) is 0 Å². The van der Waals surface area contributed by atoms with Gasteiger partial charge in [-0.15, -0.1) is 4.68 Å². The largest absolute Gasteiger partial charge is 0.249 e. The van der Waals surface area contributed by atoms with Gasteiger partial charge >= 0.3 is 0 Å². The van der Waals surface area contributed by atoms with Gasteiger partial charge in [0, 0.05) is 17.2 Å². The number of allylic oxidation sites excluding steroid dienone is 1. The van der Waals surface area contributed by atoms with Crippen LogP contribution < -0.4 is 4.68 Å². The standard InChI is InChI=1S/C21H15N3/c1-3-9-17(10-4-1)21(18-11-5-2-6-12-18)15-16-23-22-19-13-7-8-14-20(19)24(21)23/h1-15H/q+1. The van der Waals surface area contributed by atoms with Crippen LogP contribution in [0.15, 0.2) is 91.0 Å². The molecule has 0 aliphatic carbocycles. The minimum Gasteiger partial charge on any atom is -0.128 e. The fraction of sp³-hybridized carbons (Fsp3) is 0.0476. The molecule has 0 N–H and O–H groups in total. The normalized spacial score (nSPS) is 14.8. The second-order valence-electron chi connectivity index (χ2n) is 5.96. The third-order valence-corrected chi connectivity index (χ3v) is 4.65. The van der Waals surface area contributed by atoms with E-state index in [0.29, 0.717) is 0 Å². The van der Waals surface area contributed by atoms with Gasteiger partial charge in [-0.3, -0.25) is 0 Å². The molecule has 4 aromatic rings. The van der Waals surface area contributed by atoms with E-state index in [-0.39, 0.29) is 0 Å². The fourth-order valence-corrected chi connectivity index (χ4v) is 3.58. The van der Waals surface area contributed by atoms with Crippen molar-refractivity contribution in [2.24, 2.45) is 0 Å². The van der Waals surface area contributed by atoms with E-state index in [9.17, 15) is 0 Å². The molecular formula is C21H15N3+. The molecule has 1 aromatic heterocycles. The van der Waals surface area contributed by atoms with Crippen LogP contribution in [0.3, 0.4) is 0 Å². The average molecular weight is 309 g/mol. The van der Waals surface area contributed by atoms with Crippen LogP contribution in [0, 0.1) is 6.20 Å². The molecule has 113 valence electrons. The van der Waals surface area contributed by atoms with Crippen LogP contribution in [0.2, 0.25) is 0 Å². The van der Waals surface area contributed by atoms with Crippen molar-refractivity contribution in [3.05, 3.63) is 108 Å². The van der Waals surface area contributed by atoms with Crippen molar-refractivity contribution >= 4 is 11.0 Å². The molecular weight excluding hydrogens is 294 g/mol. The lowest BCUT2D eigenvalue weighted by Gasteiger charge is -2.25. The number of nitrogens with zero attached hydrogens (tertiary/aromatic N) is 3. The summed E-state index contributed by atoms with van der Waals surface area (Å²) < 4.78 is 2.22. The van der Waals surface area contributed by atoms with Gasteiger partial charge in [-0.05, 0) is 16.9 Å². The lowest BCUT2D eigenvalue weighted by atomic mass is 9.83. The summed E-state index contributed by atoms with van der Waals surface area (Å²) in [6.07, 6.45) is 5.43. The Morgan fingerprint density at radius 3 is 2.00 bits per heavy atom. The van der Waals surface area contributed by atoms with Gasteiger partial charge in [0.1, 0.15) is 0 Å². The zero-order valence-corrected chi connectivity index (χ0v) is 13.0. The molecule has 2 heterocycles. The number of para-hydroxylation sites is 1. The first-order valence-corrected chi connectivity index (χ1v) is 8.02. The van der Waals surface area contributed by atoms with Crippen LogP contribution in [-0.4, -0.2) is 9.90 Å². The lowest BCUT2D eigenvalue weighted by molar-refractivity contribution is -0.775. The van der Waals surface area contributed by atoms with E-state index in [0.717, 1.165) is 11.0 Å². The first-order valence-electron chi connectivity index (χ1n) is 8.02. The Labute approximate surface area is 140 Å². The van der Waals surface area contributed by atoms with Gasteiger partial charge in [0.15, 0.2) is 6.20 Å². The molecule has 5 rings (SSSR count). The molecule has 0 unspecified atom stereocenters. The molecule has 0 saturated heterocycles. The van der Waals surface area contributed by atoms with E-state index in [1.807, 2.05) is 29.1 Å². The Hall–Kier alpha value is -3.20. The molecule has 0 fully saturated rings. The lowest BCUT2D eigenvalue weighted by Crippen LogP contribution is -2.58. The van der Waals surface area contributed by atoms with Gasteiger partial charge in [-0.25, -0.2) is 0 Å². The summed E-state index contributed by atoms with van der Waals surface area (Å²) in [6, 6.07) is 29.3. The number of fused-ring (bicyclic) bond motifs is 3. The fourth-order valence-electron chi connectivity index (χ4n) is 3.58. The van der Waals surface area contributed by atoms with E-state index in [2.05, 4.69) is 82.7 Å². The maximum absolute atomic E-state index is 4.68. The zero-order chi connectivity index (χ0) is 16.0. The molecule has 1 aliphatic heterocycles. The number of benzene rings is 3. The smallest absolute Gasteiger partial charge is 0.128 e. The first-order chi connectivity index (χ1) is 11.9. The van der Waals surface area contributed by atoms with E-state index in [1.54, 1.807) is 0 Å². The Bertz CT molecular complexity index is 1010. The van der Waals surface area contributed by atoms with Crippen LogP contribution in [0.5, 0.6) is 0 Å². The van der Waals surface area contributed by atoms with E-state index < -0.39 is 5.54 Å². The van der Waals surface area contributed by atoms with Crippen molar-refractivity contribution < 1.29 is 4.68 Å². The third-order valence-electron chi connectivity index (χ3n) is 4.65. The summed E-state index contributed by atoms with van der Waals surface area (Å²) in [5.74, 6) is 0. The predicted molar refractivity (Wildman–Crippen MR) is 92.2 cm³/mol. The highest BCUT2D eigenvalue weighted by Crippen LogP contribution is 2.34. The predicted octanol–water partition coefficient (Wildman–Crippen LogP) is 3.29. The zero-order valence-electron chi connectivity index (χ0n) is 13.0. The Morgan fingerprint density at radius 1 is 0.750 bits per heavy atom. The number of rotatable bonds is 2. The molecule has 3 aromatic carbocycles. The van der Waals surface area contributed by atoms with Crippen LogP contribution >= 0.6 is 0 Å². The third kappa shape index (κ3) is 1.67. The summed E-state index contributed by atoms with van der Waals surface area (Å²) >= 11 is 0. The van der Waals surface area contributed by atoms with Gasteiger partial charge in [-0.2, -0.15) is 0 Å². The molecule has 0 spiro atoms. The highest BCUT2D eigenvalue weighted by Gasteiger charge is 2.46. The summed E-state index contributed by atoms with van der Waals surface area (Å²) in [5, 5.41) is 4.68. The highest BCUT2D eigenvalue weighted by molar-refractivity contribution is 5.70. The van der Waals surface area contributed by atoms with Gasteiger partial charge in [0.25, 0.3) is 0 Å². The molecule has 24 heavy (non-hydrogen) atoms. The monoisotopic (exact) mass is 309 g/mol. The molecule has 0 saturated carbocycles.